The zero-order chi connectivity index (χ0) is 11.5. The van der Waals surface area contributed by atoms with Crippen molar-refractivity contribution in [1.29, 1.82) is 0 Å². The summed E-state index contributed by atoms with van der Waals surface area (Å²) in [7, 11) is 0. The molecule has 1 aromatic rings. The molecule has 0 fully saturated rings. The zero-order valence-corrected chi connectivity index (χ0v) is 9.16. The van der Waals surface area contributed by atoms with Crippen molar-refractivity contribution >= 4 is 5.97 Å². The van der Waals surface area contributed by atoms with E-state index in [0.717, 1.165) is 11.1 Å². The highest BCUT2D eigenvalue weighted by Crippen LogP contribution is 2.23. The summed E-state index contributed by atoms with van der Waals surface area (Å²) in [5.74, 6) is -0.840. The molecule has 0 aliphatic carbocycles. The fourth-order valence-corrected chi connectivity index (χ4v) is 1.46. The molecule has 3 heteroatoms. The van der Waals surface area contributed by atoms with Gasteiger partial charge in [0.15, 0.2) is 0 Å². The molecule has 0 radical (unpaired) electrons. The van der Waals surface area contributed by atoms with Crippen molar-refractivity contribution in [1.82, 2.24) is 0 Å². The summed E-state index contributed by atoms with van der Waals surface area (Å²) < 4.78 is 0. The third-order valence-corrected chi connectivity index (χ3v) is 2.81. The number of hydrogen-bond acceptors (Lipinski definition) is 2. The molecule has 15 heavy (non-hydrogen) atoms. The largest absolute Gasteiger partial charge is 0.481 e. The molecular formula is C12H17NO2. The summed E-state index contributed by atoms with van der Waals surface area (Å²) in [6.07, 6.45) is 0.478. The van der Waals surface area contributed by atoms with Crippen LogP contribution in [0.3, 0.4) is 0 Å². The molecule has 3 N–H and O–H groups in total. The normalized spacial score (nSPS) is 14.6. The van der Waals surface area contributed by atoms with Crippen LogP contribution in [0.2, 0.25) is 0 Å². The van der Waals surface area contributed by atoms with Crippen LogP contribution in [0.25, 0.3) is 0 Å². The Labute approximate surface area is 89.9 Å². The Hall–Kier alpha value is -1.35. The van der Waals surface area contributed by atoms with Gasteiger partial charge in [-0.05, 0) is 31.4 Å². The molecule has 0 saturated heterocycles. The van der Waals surface area contributed by atoms with Gasteiger partial charge >= 0.3 is 5.97 Å². The lowest BCUT2D eigenvalue weighted by atomic mass is 9.82. The van der Waals surface area contributed by atoms with Gasteiger partial charge in [0.2, 0.25) is 0 Å². The monoisotopic (exact) mass is 207 g/mol. The lowest BCUT2D eigenvalue weighted by Gasteiger charge is -2.23. The van der Waals surface area contributed by atoms with Crippen molar-refractivity contribution in [3.05, 3.63) is 35.4 Å². The summed E-state index contributed by atoms with van der Waals surface area (Å²) in [5.41, 5.74) is 6.81. The van der Waals surface area contributed by atoms with E-state index in [4.69, 9.17) is 10.8 Å². The number of aliphatic carboxylic acids is 1. The predicted molar refractivity (Wildman–Crippen MR) is 59.7 cm³/mol. The Morgan fingerprint density at radius 3 is 2.53 bits per heavy atom. The van der Waals surface area contributed by atoms with Gasteiger partial charge in [-0.15, -0.1) is 0 Å². The molecule has 0 amide bonds. The average Bonchev–Trinajstić information content (AvgIpc) is 2.21. The minimum absolute atomic E-state index is 0.149. The van der Waals surface area contributed by atoms with Gasteiger partial charge < -0.3 is 10.8 Å². The van der Waals surface area contributed by atoms with Gasteiger partial charge in [0.1, 0.15) is 0 Å². The molecule has 3 nitrogen and oxygen atoms in total. The van der Waals surface area contributed by atoms with Gasteiger partial charge in [0.25, 0.3) is 0 Å². The molecule has 0 aliphatic rings. The van der Waals surface area contributed by atoms with Crippen molar-refractivity contribution in [2.24, 2.45) is 11.1 Å². The van der Waals surface area contributed by atoms with E-state index in [1.807, 2.05) is 31.2 Å². The number of carboxylic acid groups (broad SMARTS) is 1. The van der Waals surface area contributed by atoms with E-state index in [0.29, 0.717) is 6.42 Å². The van der Waals surface area contributed by atoms with Crippen LogP contribution in [-0.4, -0.2) is 17.6 Å². The number of hydrogen-bond donors (Lipinski definition) is 2. The second-order valence-electron chi connectivity index (χ2n) is 4.17. The Balaban J connectivity index is 2.94. The molecule has 0 saturated carbocycles. The van der Waals surface area contributed by atoms with Crippen molar-refractivity contribution in [3.63, 3.8) is 0 Å². The average molecular weight is 207 g/mol. The first-order valence-corrected chi connectivity index (χ1v) is 4.97. The Bertz CT molecular complexity index is 362. The number of nitrogens with two attached hydrogens (primary N) is 1. The summed E-state index contributed by atoms with van der Waals surface area (Å²) in [5, 5.41) is 9.10. The third-order valence-electron chi connectivity index (χ3n) is 2.81. The molecule has 1 atom stereocenters. The smallest absolute Gasteiger partial charge is 0.310 e. The molecule has 82 valence electrons. The number of carboxylic acids is 1. The number of rotatable bonds is 4. The summed E-state index contributed by atoms with van der Waals surface area (Å²) >= 11 is 0. The first kappa shape index (κ1) is 11.7. The standard InChI is InChI=1S/C12H17NO2/c1-9-5-3-4-6-10(9)7-12(2,8-13)11(14)15/h3-6H,7-8,13H2,1-2H3,(H,14,15)/t12-/m0/s1. The van der Waals surface area contributed by atoms with Gasteiger partial charge in [0.05, 0.1) is 5.41 Å². The molecule has 1 rings (SSSR count). The van der Waals surface area contributed by atoms with Gasteiger partial charge in [-0.25, -0.2) is 0 Å². The van der Waals surface area contributed by atoms with Crippen molar-refractivity contribution in [3.8, 4) is 0 Å². The first-order valence-electron chi connectivity index (χ1n) is 4.97. The first-order chi connectivity index (χ1) is 6.99. The molecule has 0 aromatic heterocycles. The Morgan fingerprint density at radius 1 is 1.47 bits per heavy atom. The van der Waals surface area contributed by atoms with Crippen molar-refractivity contribution < 1.29 is 9.90 Å². The summed E-state index contributed by atoms with van der Waals surface area (Å²) in [6.45, 7) is 3.81. The Kier molecular flexibility index (Phi) is 3.48. The van der Waals surface area contributed by atoms with Crippen LogP contribution < -0.4 is 5.73 Å². The SMILES string of the molecule is Cc1ccccc1C[C@@](C)(CN)C(=O)O. The fourth-order valence-electron chi connectivity index (χ4n) is 1.46. The van der Waals surface area contributed by atoms with Crippen LogP contribution >= 0.6 is 0 Å². The van der Waals surface area contributed by atoms with E-state index in [2.05, 4.69) is 0 Å². The summed E-state index contributed by atoms with van der Waals surface area (Å²) in [6, 6.07) is 7.79. The minimum Gasteiger partial charge on any atom is -0.481 e. The maximum absolute atomic E-state index is 11.1. The highest BCUT2D eigenvalue weighted by atomic mass is 16.4. The summed E-state index contributed by atoms with van der Waals surface area (Å²) in [4.78, 5) is 11.1. The van der Waals surface area contributed by atoms with Crippen LogP contribution in [0.1, 0.15) is 18.1 Å². The second-order valence-corrected chi connectivity index (χ2v) is 4.17. The van der Waals surface area contributed by atoms with Crippen molar-refractivity contribution in [2.45, 2.75) is 20.3 Å². The van der Waals surface area contributed by atoms with Crippen molar-refractivity contribution in [2.75, 3.05) is 6.54 Å². The molecule has 0 aliphatic heterocycles. The minimum atomic E-state index is -0.869. The van der Waals surface area contributed by atoms with Crippen LogP contribution in [0.4, 0.5) is 0 Å². The maximum atomic E-state index is 11.1. The lowest BCUT2D eigenvalue weighted by Crippen LogP contribution is -2.37. The maximum Gasteiger partial charge on any atom is 0.310 e. The third kappa shape index (κ3) is 2.57. The van der Waals surface area contributed by atoms with Crippen LogP contribution in [0.5, 0.6) is 0 Å². The molecule has 1 aromatic carbocycles. The van der Waals surface area contributed by atoms with Gasteiger partial charge in [-0.2, -0.15) is 0 Å². The van der Waals surface area contributed by atoms with E-state index in [-0.39, 0.29) is 6.54 Å². The van der Waals surface area contributed by atoms with Crippen LogP contribution in [0.15, 0.2) is 24.3 Å². The highest BCUT2D eigenvalue weighted by Gasteiger charge is 2.31. The molecule has 0 spiro atoms. The molecule has 0 unspecified atom stereocenters. The van der Waals surface area contributed by atoms with E-state index in [1.54, 1.807) is 6.92 Å². The fraction of sp³-hybridized carbons (Fsp3) is 0.417. The second kappa shape index (κ2) is 4.45. The zero-order valence-electron chi connectivity index (χ0n) is 9.16. The number of aryl methyl sites for hydroxylation is 1. The van der Waals surface area contributed by atoms with Crippen LogP contribution in [-0.2, 0) is 11.2 Å². The number of carbonyl (C=O) groups is 1. The van der Waals surface area contributed by atoms with E-state index in [1.165, 1.54) is 0 Å². The quantitative estimate of drug-likeness (QED) is 0.788. The lowest BCUT2D eigenvalue weighted by molar-refractivity contribution is -0.147. The van der Waals surface area contributed by atoms with Gasteiger partial charge in [-0.3, -0.25) is 4.79 Å². The van der Waals surface area contributed by atoms with Gasteiger partial charge in [0, 0.05) is 6.54 Å². The predicted octanol–water partition coefficient (Wildman–Crippen LogP) is 1.59. The topological polar surface area (TPSA) is 63.3 Å². The van der Waals surface area contributed by atoms with E-state index in [9.17, 15) is 4.79 Å². The molecule has 0 bridgehead atoms. The number of benzene rings is 1. The Morgan fingerprint density at radius 2 is 2.07 bits per heavy atom. The van der Waals surface area contributed by atoms with E-state index < -0.39 is 11.4 Å². The van der Waals surface area contributed by atoms with Crippen LogP contribution in [0, 0.1) is 12.3 Å². The van der Waals surface area contributed by atoms with Gasteiger partial charge in [-0.1, -0.05) is 24.3 Å². The molecule has 0 heterocycles. The van der Waals surface area contributed by atoms with E-state index >= 15 is 0 Å². The molecular weight excluding hydrogens is 190 g/mol. The highest BCUT2D eigenvalue weighted by molar-refractivity contribution is 5.75.